The van der Waals surface area contributed by atoms with Gasteiger partial charge in [0, 0.05) is 25.9 Å². The van der Waals surface area contributed by atoms with E-state index in [1.54, 1.807) is 6.20 Å². The summed E-state index contributed by atoms with van der Waals surface area (Å²) in [7, 11) is 3.45. The number of hydrogen-bond acceptors (Lipinski definition) is 6. The first-order valence-electron chi connectivity index (χ1n) is 7.90. The quantitative estimate of drug-likeness (QED) is 0.792. The maximum absolute atomic E-state index is 12.2. The van der Waals surface area contributed by atoms with Crippen LogP contribution < -0.4 is 9.64 Å². The van der Waals surface area contributed by atoms with E-state index in [0.717, 1.165) is 28.0 Å². The van der Waals surface area contributed by atoms with Gasteiger partial charge in [0.1, 0.15) is 23.4 Å². The van der Waals surface area contributed by atoms with E-state index in [2.05, 4.69) is 4.98 Å². The Bertz CT molecular complexity index is 769. The summed E-state index contributed by atoms with van der Waals surface area (Å²) in [6.45, 7) is 1.09. The van der Waals surface area contributed by atoms with E-state index in [1.165, 1.54) is 7.05 Å². The molecule has 1 unspecified atom stereocenters. The fraction of sp³-hybridized carbons (Fsp3) is 0.278. The van der Waals surface area contributed by atoms with E-state index in [-0.39, 0.29) is 11.1 Å². The molecule has 1 aromatic heterocycles. The highest BCUT2D eigenvalue weighted by Gasteiger charge is 2.39. The summed E-state index contributed by atoms with van der Waals surface area (Å²) in [5.41, 5.74) is 0.732. The Hall–Kier alpha value is -2.54. The fourth-order valence-electron chi connectivity index (χ4n) is 2.51. The van der Waals surface area contributed by atoms with Gasteiger partial charge in [-0.25, -0.2) is 4.98 Å². The molecule has 25 heavy (non-hydrogen) atoms. The molecule has 1 fully saturated rings. The molecule has 2 heterocycles. The van der Waals surface area contributed by atoms with Gasteiger partial charge in [0.15, 0.2) is 0 Å². The predicted octanol–water partition coefficient (Wildman–Crippen LogP) is 2.96. The third-order valence-corrected chi connectivity index (χ3v) is 5.14. The van der Waals surface area contributed by atoms with E-state index >= 15 is 0 Å². The van der Waals surface area contributed by atoms with Crippen molar-refractivity contribution in [3.05, 3.63) is 54.2 Å². The van der Waals surface area contributed by atoms with Gasteiger partial charge in [-0.1, -0.05) is 24.3 Å². The van der Waals surface area contributed by atoms with E-state index in [9.17, 15) is 9.59 Å². The van der Waals surface area contributed by atoms with Gasteiger partial charge >= 0.3 is 0 Å². The molecule has 6 nitrogen and oxygen atoms in total. The zero-order valence-corrected chi connectivity index (χ0v) is 14.9. The van der Waals surface area contributed by atoms with Crippen LogP contribution in [0.25, 0.3) is 0 Å². The molecule has 1 aromatic carbocycles. The lowest BCUT2D eigenvalue weighted by molar-refractivity contribution is -0.125. The van der Waals surface area contributed by atoms with Crippen LogP contribution in [0.15, 0.2) is 48.7 Å². The molecule has 7 heteroatoms. The lowest BCUT2D eigenvalue weighted by Gasteiger charge is -2.19. The number of benzene rings is 1. The van der Waals surface area contributed by atoms with Gasteiger partial charge in [-0.3, -0.25) is 14.5 Å². The number of anilines is 1. The van der Waals surface area contributed by atoms with Gasteiger partial charge < -0.3 is 9.64 Å². The van der Waals surface area contributed by atoms with Crippen LogP contribution in [-0.4, -0.2) is 48.3 Å². The minimum atomic E-state index is -0.540. The summed E-state index contributed by atoms with van der Waals surface area (Å²) in [4.78, 5) is 31.4. The largest absolute Gasteiger partial charge is 0.491 e. The number of likely N-dealkylation sites (N-methyl/N-ethyl adjacent to an activating group) is 2. The molecule has 130 valence electrons. The van der Waals surface area contributed by atoms with Gasteiger partial charge in [0.25, 0.3) is 5.24 Å². The van der Waals surface area contributed by atoms with Crippen LogP contribution >= 0.6 is 11.8 Å². The van der Waals surface area contributed by atoms with E-state index in [4.69, 9.17) is 4.74 Å². The first-order valence-corrected chi connectivity index (χ1v) is 8.78. The fourth-order valence-corrected chi connectivity index (χ4v) is 3.54. The Kier molecular flexibility index (Phi) is 5.23. The number of hydrogen-bond donors (Lipinski definition) is 0. The van der Waals surface area contributed by atoms with Gasteiger partial charge in [-0.2, -0.15) is 0 Å². The van der Waals surface area contributed by atoms with Crippen LogP contribution in [0.1, 0.15) is 10.8 Å². The highest BCUT2D eigenvalue weighted by atomic mass is 32.2. The van der Waals surface area contributed by atoms with Crippen molar-refractivity contribution in [2.24, 2.45) is 0 Å². The summed E-state index contributed by atoms with van der Waals surface area (Å²) < 4.78 is 5.90. The average Bonchev–Trinajstić information content (AvgIpc) is 2.90. The second-order valence-electron chi connectivity index (χ2n) is 5.66. The summed E-state index contributed by atoms with van der Waals surface area (Å²) in [6.07, 6.45) is 1.75. The predicted molar refractivity (Wildman–Crippen MR) is 97.9 cm³/mol. The zero-order chi connectivity index (χ0) is 17.8. The molecule has 1 aliphatic rings. The van der Waals surface area contributed by atoms with Crippen molar-refractivity contribution >= 4 is 28.7 Å². The molecule has 3 rings (SSSR count). The SMILES string of the molecule is CN1C(=O)SC(c2ccccc2OCCN(C)c2ccccn2)C1=O. The summed E-state index contributed by atoms with van der Waals surface area (Å²) >= 11 is 1.02. The monoisotopic (exact) mass is 357 g/mol. The Morgan fingerprint density at radius 2 is 1.96 bits per heavy atom. The molecule has 0 aliphatic carbocycles. The highest BCUT2D eigenvalue weighted by molar-refractivity contribution is 8.15. The van der Waals surface area contributed by atoms with Crippen molar-refractivity contribution in [1.82, 2.24) is 9.88 Å². The average molecular weight is 357 g/mol. The standard InChI is InChI=1S/C18H19N3O3S/c1-20(15-9-5-6-10-19-15)11-12-24-14-8-4-3-7-13(14)16-17(22)21(2)18(23)25-16/h3-10,16H,11-12H2,1-2H3. The van der Waals surface area contributed by atoms with Gasteiger partial charge in [-0.15, -0.1) is 0 Å². The molecule has 0 spiro atoms. The minimum Gasteiger partial charge on any atom is -0.491 e. The molecule has 1 atom stereocenters. The van der Waals surface area contributed by atoms with E-state index in [0.29, 0.717) is 18.9 Å². The lowest BCUT2D eigenvalue weighted by Crippen LogP contribution is -2.25. The molecule has 1 aliphatic heterocycles. The summed E-state index contributed by atoms with van der Waals surface area (Å²) in [6, 6.07) is 13.1. The number of nitrogens with zero attached hydrogens (tertiary/aromatic N) is 3. The number of aromatic nitrogens is 1. The minimum absolute atomic E-state index is 0.211. The highest BCUT2D eigenvalue weighted by Crippen LogP contribution is 2.42. The lowest BCUT2D eigenvalue weighted by atomic mass is 10.1. The van der Waals surface area contributed by atoms with Crippen LogP contribution in [0.2, 0.25) is 0 Å². The second kappa shape index (κ2) is 7.57. The Morgan fingerprint density at radius 3 is 2.64 bits per heavy atom. The maximum Gasteiger partial charge on any atom is 0.289 e. The molecule has 1 saturated heterocycles. The smallest absolute Gasteiger partial charge is 0.289 e. The van der Waals surface area contributed by atoms with Crippen LogP contribution in [0, 0.1) is 0 Å². The molecule has 0 radical (unpaired) electrons. The Balaban J connectivity index is 1.66. The van der Waals surface area contributed by atoms with Crippen molar-refractivity contribution in [1.29, 1.82) is 0 Å². The van der Waals surface area contributed by atoms with Crippen molar-refractivity contribution in [3.8, 4) is 5.75 Å². The molecule has 0 bridgehead atoms. The zero-order valence-electron chi connectivity index (χ0n) is 14.1. The van der Waals surface area contributed by atoms with Crippen molar-refractivity contribution < 1.29 is 14.3 Å². The van der Waals surface area contributed by atoms with Crippen LogP contribution in [0.4, 0.5) is 10.6 Å². The van der Waals surface area contributed by atoms with E-state index < -0.39 is 5.25 Å². The van der Waals surface area contributed by atoms with Gasteiger partial charge in [0.2, 0.25) is 5.91 Å². The molecule has 2 amide bonds. The number of ether oxygens (including phenoxy) is 1. The maximum atomic E-state index is 12.2. The molecule has 2 aromatic rings. The van der Waals surface area contributed by atoms with E-state index in [1.807, 2.05) is 54.4 Å². The molecular formula is C18H19N3O3S. The van der Waals surface area contributed by atoms with Crippen molar-refractivity contribution in [2.45, 2.75) is 5.25 Å². The normalized spacial score (nSPS) is 17.0. The molecular weight excluding hydrogens is 338 g/mol. The summed E-state index contributed by atoms with van der Waals surface area (Å²) in [5.74, 6) is 1.29. The second-order valence-corrected chi connectivity index (χ2v) is 6.71. The van der Waals surface area contributed by atoms with Crippen LogP contribution in [-0.2, 0) is 4.79 Å². The Morgan fingerprint density at radius 1 is 1.20 bits per heavy atom. The van der Waals surface area contributed by atoms with Gasteiger partial charge in [-0.05, 0) is 30.0 Å². The van der Waals surface area contributed by atoms with Crippen molar-refractivity contribution in [3.63, 3.8) is 0 Å². The molecule has 0 N–H and O–H groups in total. The molecule has 0 saturated carbocycles. The number of imide groups is 1. The number of para-hydroxylation sites is 1. The summed E-state index contributed by atoms with van der Waals surface area (Å²) in [5, 5.41) is -0.776. The number of carbonyl (C=O) groups excluding carboxylic acids is 2. The first kappa shape index (κ1) is 17.3. The van der Waals surface area contributed by atoms with Gasteiger partial charge in [0.05, 0.1) is 6.54 Å². The Labute approximate surface area is 150 Å². The topological polar surface area (TPSA) is 62.7 Å². The van der Waals surface area contributed by atoms with Crippen LogP contribution in [0.5, 0.6) is 5.75 Å². The third-order valence-electron chi connectivity index (χ3n) is 3.97. The number of thioether (sulfide) groups is 1. The van der Waals surface area contributed by atoms with Crippen LogP contribution in [0.3, 0.4) is 0 Å². The number of amides is 2. The number of carbonyl (C=O) groups is 2. The third kappa shape index (κ3) is 3.76. The number of rotatable bonds is 6. The number of pyridine rings is 1. The first-order chi connectivity index (χ1) is 12.1. The van der Waals surface area contributed by atoms with Crippen molar-refractivity contribution in [2.75, 3.05) is 32.1 Å².